The summed E-state index contributed by atoms with van der Waals surface area (Å²) in [5.41, 5.74) is 7.38. The van der Waals surface area contributed by atoms with Crippen molar-refractivity contribution in [2.45, 2.75) is 38.6 Å². The molecule has 0 radical (unpaired) electrons. The normalized spacial score (nSPS) is 15.2. The van der Waals surface area contributed by atoms with Gasteiger partial charge in [0.05, 0.1) is 29.6 Å². The van der Waals surface area contributed by atoms with Gasteiger partial charge in [0.2, 0.25) is 5.88 Å². The average molecular weight is 378 g/mol. The Labute approximate surface area is 156 Å². The van der Waals surface area contributed by atoms with Crippen LogP contribution in [0.5, 0.6) is 5.88 Å². The number of aromatic nitrogens is 6. The predicted molar refractivity (Wildman–Crippen MR) is 95.3 cm³/mol. The summed E-state index contributed by atoms with van der Waals surface area (Å²) in [5, 5.41) is 16.6. The molecule has 1 aliphatic carbocycles. The highest BCUT2D eigenvalue weighted by Gasteiger charge is 2.39. The Morgan fingerprint density at radius 3 is 2.73 bits per heavy atom. The van der Waals surface area contributed by atoms with Crippen LogP contribution in [0.1, 0.15) is 37.7 Å². The van der Waals surface area contributed by atoms with Crippen molar-refractivity contribution in [1.29, 1.82) is 0 Å². The van der Waals surface area contributed by atoms with E-state index in [1.807, 2.05) is 13.8 Å². The van der Waals surface area contributed by atoms with Gasteiger partial charge in [-0.05, 0) is 39.2 Å². The summed E-state index contributed by atoms with van der Waals surface area (Å²) in [6.07, 6.45) is 4.53. The molecule has 4 rings (SSSR count). The molecule has 0 aromatic carbocycles. The van der Waals surface area contributed by atoms with E-state index in [-0.39, 0.29) is 12.4 Å². The maximum atomic E-state index is 6.25. The predicted octanol–water partition coefficient (Wildman–Crippen LogP) is 2.18. The fraction of sp³-hybridized carbons (Fsp3) is 0.438. The summed E-state index contributed by atoms with van der Waals surface area (Å²) in [6.45, 7) is 4.35. The zero-order chi connectivity index (χ0) is 17.4. The first-order chi connectivity index (χ1) is 12.1. The van der Waals surface area contributed by atoms with E-state index in [1.54, 1.807) is 23.0 Å². The Hall–Kier alpha value is -2.52. The molecule has 0 atom stereocenters. The quantitative estimate of drug-likeness (QED) is 0.718. The highest BCUT2D eigenvalue weighted by Crippen LogP contribution is 2.37. The molecule has 0 amide bonds. The Morgan fingerprint density at radius 2 is 2.12 bits per heavy atom. The van der Waals surface area contributed by atoms with Crippen LogP contribution in [0.2, 0.25) is 0 Å². The third kappa shape index (κ3) is 3.04. The second kappa shape index (κ2) is 7.00. The molecular weight excluding hydrogens is 358 g/mol. The highest BCUT2D eigenvalue weighted by atomic mass is 35.5. The number of hydrogen-bond donors (Lipinski definition) is 1. The van der Waals surface area contributed by atoms with E-state index in [0.29, 0.717) is 30.0 Å². The zero-order valence-corrected chi connectivity index (χ0v) is 15.4. The molecule has 1 saturated carbocycles. The van der Waals surface area contributed by atoms with Crippen LogP contribution >= 0.6 is 12.4 Å². The van der Waals surface area contributed by atoms with Crippen molar-refractivity contribution in [3.05, 3.63) is 29.8 Å². The van der Waals surface area contributed by atoms with Crippen molar-refractivity contribution < 1.29 is 9.26 Å². The van der Waals surface area contributed by atoms with Gasteiger partial charge in [-0.25, -0.2) is 4.68 Å². The van der Waals surface area contributed by atoms with Crippen LogP contribution < -0.4 is 10.5 Å². The van der Waals surface area contributed by atoms with Gasteiger partial charge in [-0.2, -0.15) is 10.1 Å². The number of ether oxygens (including phenoxy) is 1. The lowest BCUT2D eigenvalue weighted by molar-refractivity contribution is 0.229. The van der Waals surface area contributed by atoms with E-state index in [4.69, 9.17) is 15.0 Å². The topological polar surface area (TPSA) is 118 Å². The molecule has 9 nitrogen and oxygen atoms in total. The third-order valence-electron chi connectivity index (χ3n) is 4.49. The van der Waals surface area contributed by atoms with Gasteiger partial charge in [-0.15, -0.1) is 22.6 Å². The fourth-order valence-corrected chi connectivity index (χ4v) is 2.82. The molecule has 0 spiro atoms. The summed E-state index contributed by atoms with van der Waals surface area (Å²) in [4.78, 5) is 4.47. The van der Waals surface area contributed by atoms with E-state index in [1.165, 1.54) is 0 Å². The first-order valence-electron chi connectivity index (χ1n) is 8.26. The molecular formula is C16H20ClN7O2. The number of halogens is 1. The van der Waals surface area contributed by atoms with Crippen LogP contribution in [0, 0.1) is 6.92 Å². The standard InChI is InChI=1S/C16H19N7O2.ClH/c1-3-24-13-6-5-12(20-21-13)23-10(2)11(9-18-23)14-19-15(22-25-14)16(17)7-4-8-16;/h5-6,9H,3-4,7-8,17H2,1-2H3;1H. The molecule has 3 heterocycles. The van der Waals surface area contributed by atoms with Crippen molar-refractivity contribution in [1.82, 2.24) is 30.1 Å². The van der Waals surface area contributed by atoms with E-state index >= 15 is 0 Å². The Bertz CT molecular complexity index is 886. The van der Waals surface area contributed by atoms with Gasteiger partial charge in [-0.3, -0.25) is 0 Å². The highest BCUT2D eigenvalue weighted by molar-refractivity contribution is 5.85. The van der Waals surface area contributed by atoms with Crippen LogP contribution in [0.4, 0.5) is 0 Å². The molecule has 1 aliphatic rings. The second-order valence-corrected chi connectivity index (χ2v) is 6.15. The van der Waals surface area contributed by atoms with E-state index < -0.39 is 5.54 Å². The smallest absolute Gasteiger partial charge is 0.261 e. The summed E-state index contributed by atoms with van der Waals surface area (Å²) >= 11 is 0. The lowest BCUT2D eigenvalue weighted by Gasteiger charge is -2.34. The largest absolute Gasteiger partial charge is 0.477 e. The molecule has 10 heteroatoms. The molecule has 138 valence electrons. The maximum Gasteiger partial charge on any atom is 0.261 e. The average Bonchev–Trinajstić information content (AvgIpc) is 3.21. The molecule has 0 saturated heterocycles. The molecule has 3 aromatic rings. The van der Waals surface area contributed by atoms with Crippen LogP contribution in [-0.4, -0.2) is 36.7 Å². The lowest BCUT2D eigenvalue weighted by Crippen LogP contribution is -2.44. The van der Waals surface area contributed by atoms with Crippen LogP contribution in [0.25, 0.3) is 17.3 Å². The zero-order valence-electron chi connectivity index (χ0n) is 14.5. The third-order valence-corrected chi connectivity index (χ3v) is 4.49. The van der Waals surface area contributed by atoms with E-state index in [0.717, 1.165) is 30.5 Å². The Kier molecular flexibility index (Phi) is 4.92. The number of hydrogen-bond acceptors (Lipinski definition) is 8. The lowest BCUT2D eigenvalue weighted by atomic mass is 9.77. The number of rotatable bonds is 5. The van der Waals surface area contributed by atoms with Gasteiger partial charge in [0.1, 0.15) is 0 Å². The summed E-state index contributed by atoms with van der Waals surface area (Å²) < 4.78 is 12.4. The maximum absolute atomic E-state index is 6.25. The summed E-state index contributed by atoms with van der Waals surface area (Å²) in [6, 6.07) is 3.55. The van der Waals surface area contributed by atoms with Crippen LogP contribution in [-0.2, 0) is 5.54 Å². The van der Waals surface area contributed by atoms with Crippen molar-refractivity contribution in [3.63, 3.8) is 0 Å². The monoisotopic (exact) mass is 377 g/mol. The molecule has 0 unspecified atom stereocenters. The van der Waals surface area contributed by atoms with Gasteiger partial charge in [0.25, 0.3) is 5.89 Å². The summed E-state index contributed by atoms with van der Waals surface area (Å²) in [7, 11) is 0. The van der Waals surface area contributed by atoms with Crippen LogP contribution in [0.3, 0.4) is 0 Å². The van der Waals surface area contributed by atoms with Crippen molar-refractivity contribution in [2.75, 3.05) is 6.61 Å². The number of nitrogens with zero attached hydrogens (tertiary/aromatic N) is 6. The van der Waals surface area contributed by atoms with Crippen molar-refractivity contribution in [2.24, 2.45) is 5.73 Å². The molecule has 26 heavy (non-hydrogen) atoms. The SMILES string of the molecule is CCOc1ccc(-n2ncc(-c3nc(C4(N)CCC4)no3)c2C)nn1.Cl. The Balaban J connectivity index is 0.00000196. The molecule has 0 aliphatic heterocycles. The summed E-state index contributed by atoms with van der Waals surface area (Å²) in [5.74, 6) is 2.03. The van der Waals surface area contributed by atoms with Crippen molar-refractivity contribution in [3.8, 4) is 23.2 Å². The minimum atomic E-state index is -0.452. The molecule has 0 bridgehead atoms. The van der Waals surface area contributed by atoms with Gasteiger partial charge in [0.15, 0.2) is 11.6 Å². The first kappa shape index (κ1) is 18.3. The number of nitrogens with two attached hydrogens (primary N) is 1. The van der Waals surface area contributed by atoms with E-state index in [9.17, 15) is 0 Å². The molecule has 3 aromatic heterocycles. The minimum Gasteiger partial charge on any atom is -0.477 e. The van der Waals surface area contributed by atoms with Gasteiger partial charge in [0, 0.05) is 6.07 Å². The van der Waals surface area contributed by atoms with Gasteiger partial charge >= 0.3 is 0 Å². The molecule has 2 N–H and O–H groups in total. The minimum absolute atomic E-state index is 0. The van der Waals surface area contributed by atoms with Gasteiger partial charge < -0.3 is 15.0 Å². The fourth-order valence-electron chi connectivity index (χ4n) is 2.82. The van der Waals surface area contributed by atoms with Crippen molar-refractivity contribution >= 4 is 12.4 Å². The molecule has 1 fully saturated rings. The Morgan fingerprint density at radius 1 is 1.31 bits per heavy atom. The second-order valence-electron chi connectivity index (χ2n) is 6.15. The van der Waals surface area contributed by atoms with Gasteiger partial charge in [-0.1, -0.05) is 5.16 Å². The first-order valence-corrected chi connectivity index (χ1v) is 8.26. The van der Waals surface area contributed by atoms with E-state index in [2.05, 4.69) is 25.4 Å². The van der Waals surface area contributed by atoms with Crippen LogP contribution in [0.15, 0.2) is 22.9 Å².